The van der Waals surface area contributed by atoms with E-state index < -0.39 is 0 Å². The summed E-state index contributed by atoms with van der Waals surface area (Å²) in [5.74, 6) is 1.38. The van der Waals surface area contributed by atoms with Crippen molar-refractivity contribution in [1.29, 1.82) is 0 Å². The van der Waals surface area contributed by atoms with Gasteiger partial charge in [-0.25, -0.2) is 0 Å². The van der Waals surface area contributed by atoms with Crippen LogP contribution in [0, 0.1) is 0 Å². The van der Waals surface area contributed by atoms with Gasteiger partial charge in [-0.1, -0.05) is 19.3 Å². The van der Waals surface area contributed by atoms with E-state index in [0.29, 0.717) is 11.3 Å². The molecule has 0 radical (unpaired) electrons. The molecular weight excluding hydrogens is 232 g/mol. The molecule has 0 bridgehead atoms. The van der Waals surface area contributed by atoms with E-state index >= 15 is 0 Å². The summed E-state index contributed by atoms with van der Waals surface area (Å²) in [6, 6.07) is 0. The number of carbonyl (C=O) groups is 1. The third kappa shape index (κ3) is 3.62. The molecule has 2 fully saturated rings. The molecular formula is C13H24N2OS. The zero-order valence-corrected chi connectivity index (χ0v) is 11.7. The Kier molecular flexibility index (Phi) is 4.74. The minimum Gasteiger partial charge on any atom is -0.355 e. The molecule has 98 valence electrons. The molecule has 0 aromatic heterocycles. The maximum absolute atomic E-state index is 11.6. The molecule has 0 atom stereocenters. The maximum atomic E-state index is 11.6. The first kappa shape index (κ1) is 13.2. The quantitative estimate of drug-likeness (QED) is 0.837. The molecule has 1 saturated carbocycles. The smallest absolute Gasteiger partial charge is 0.234 e. The summed E-state index contributed by atoms with van der Waals surface area (Å²) in [6.45, 7) is 5.51. The summed E-state index contributed by atoms with van der Waals surface area (Å²) < 4.78 is 0.475. The molecule has 1 saturated heterocycles. The van der Waals surface area contributed by atoms with Crippen LogP contribution in [0.1, 0.15) is 39.0 Å². The van der Waals surface area contributed by atoms with Gasteiger partial charge in [-0.05, 0) is 19.8 Å². The van der Waals surface area contributed by atoms with Gasteiger partial charge in [-0.2, -0.15) is 11.8 Å². The van der Waals surface area contributed by atoms with Crippen molar-refractivity contribution in [1.82, 2.24) is 10.2 Å². The summed E-state index contributed by atoms with van der Waals surface area (Å²) in [5, 5.41) is 2.90. The second-order valence-electron chi connectivity index (χ2n) is 5.26. The average molecular weight is 256 g/mol. The number of likely N-dealkylation sites (N-methyl/N-ethyl adjacent to an activating group) is 1. The molecule has 1 amide bonds. The van der Waals surface area contributed by atoms with E-state index in [1.807, 2.05) is 6.92 Å². The molecule has 1 aliphatic heterocycles. The lowest BCUT2D eigenvalue weighted by Crippen LogP contribution is -2.50. The molecule has 1 N–H and O–H groups in total. The molecule has 2 rings (SSSR count). The molecule has 4 heteroatoms. The topological polar surface area (TPSA) is 32.3 Å². The van der Waals surface area contributed by atoms with Crippen LogP contribution in [0.25, 0.3) is 0 Å². The van der Waals surface area contributed by atoms with Crippen LogP contribution < -0.4 is 5.32 Å². The number of thioether (sulfide) groups is 1. The Morgan fingerprint density at radius 2 is 2.12 bits per heavy atom. The maximum Gasteiger partial charge on any atom is 0.234 e. The molecule has 2 aliphatic rings. The number of amides is 1. The van der Waals surface area contributed by atoms with Crippen LogP contribution in [0.3, 0.4) is 0 Å². The van der Waals surface area contributed by atoms with Gasteiger partial charge in [0.25, 0.3) is 0 Å². The van der Waals surface area contributed by atoms with Crippen molar-refractivity contribution in [2.24, 2.45) is 0 Å². The first-order valence-electron chi connectivity index (χ1n) is 6.87. The highest BCUT2D eigenvalue weighted by Gasteiger charge is 2.37. The fraction of sp³-hybridized carbons (Fsp3) is 0.923. The Bertz CT molecular complexity index is 259. The predicted molar refractivity (Wildman–Crippen MR) is 73.4 cm³/mol. The second kappa shape index (κ2) is 6.10. The number of hydrogen-bond acceptors (Lipinski definition) is 3. The molecule has 17 heavy (non-hydrogen) atoms. The molecule has 0 aromatic carbocycles. The van der Waals surface area contributed by atoms with E-state index in [1.165, 1.54) is 37.9 Å². The first-order valence-corrected chi connectivity index (χ1v) is 7.86. The Hall–Kier alpha value is -0.220. The summed E-state index contributed by atoms with van der Waals surface area (Å²) in [7, 11) is 0. The lowest BCUT2D eigenvalue weighted by atomic mass is 9.87. The zero-order chi connectivity index (χ0) is 12.1. The molecule has 1 aliphatic carbocycles. The Balaban J connectivity index is 1.85. The lowest BCUT2D eigenvalue weighted by Gasteiger charge is -2.44. The minimum atomic E-state index is 0.186. The van der Waals surface area contributed by atoms with Gasteiger partial charge in [-0.3, -0.25) is 9.69 Å². The van der Waals surface area contributed by atoms with Gasteiger partial charge in [-0.15, -0.1) is 0 Å². The Morgan fingerprint density at radius 1 is 1.35 bits per heavy atom. The van der Waals surface area contributed by atoms with Gasteiger partial charge in [0.05, 0.1) is 6.54 Å². The lowest BCUT2D eigenvalue weighted by molar-refractivity contribution is -0.122. The van der Waals surface area contributed by atoms with Gasteiger partial charge in [0, 0.05) is 30.1 Å². The van der Waals surface area contributed by atoms with Crippen LogP contribution in [0.4, 0.5) is 0 Å². The average Bonchev–Trinajstić information content (AvgIpc) is 2.30. The third-order valence-electron chi connectivity index (χ3n) is 3.83. The molecule has 1 heterocycles. The highest BCUT2D eigenvalue weighted by Crippen LogP contribution is 2.42. The summed E-state index contributed by atoms with van der Waals surface area (Å²) in [4.78, 5) is 14.0. The van der Waals surface area contributed by atoms with Crippen LogP contribution in [0.5, 0.6) is 0 Å². The van der Waals surface area contributed by atoms with Gasteiger partial charge in [0.15, 0.2) is 0 Å². The zero-order valence-electron chi connectivity index (χ0n) is 10.8. The molecule has 0 unspecified atom stereocenters. The van der Waals surface area contributed by atoms with Crippen molar-refractivity contribution in [2.45, 2.75) is 43.8 Å². The first-order chi connectivity index (χ1) is 8.24. The van der Waals surface area contributed by atoms with Crippen LogP contribution in [-0.4, -0.2) is 47.5 Å². The van der Waals surface area contributed by atoms with Crippen molar-refractivity contribution in [2.75, 3.05) is 31.9 Å². The Morgan fingerprint density at radius 3 is 2.82 bits per heavy atom. The number of nitrogens with zero attached hydrogens (tertiary/aromatic N) is 1. The van der Waals surface area contributed by atoms with Crippen molar-refractivity contribution in [3.05, 3.63) is 0 Å². The normalized spacial score (nSPS) is 24.8. The largest absolute Gasteiger partial charge is 0.355 e. The highest BCUT2D eigenvalue weighted by atomic mass is 32.2. The molecule has 3 nitrogen and oxygen atoms in total. The van der Waals surface area contributed by atoms with E-state index in [1.54, 1.807) is 0 Å². The van der Waals surface area contributed by atoms with E-state index in [-0.39, 0.29) is 5.91 Å². The number of rotatable bonds is 3. The van der Waals surface area contributed by atoms with E-state index in [9.17, 15) is 4.79 Å². The second-order valence-corrected chi connectivity index (χ2v) is 6.82. The fourth-order valence-corrected chi connectivity index (χ4v) is 4.65. The van der Waals surface area contributed by atoms with E-state index in [2.05, 4.69) is 22.0 Å². The van der Waals surface area contributed by atoms with Gasteiger partial charge in [0.2, 0.25) is 5.91 Å². The standard InChI is InChI=1S/C13H24N2OS/c1-2-14-12(16)10-15-8-9-17-13(11-15)6-4-3-5-7-13/h2-11H2,1H3,(H,14,16). The predicted octanol–water partition coefficient (Wildman–Crippen LogP) is 1.87. The van der Waals surface area contributed by atoms with Crippen LogP contribution in [0.15, 0.2) is 0 Å². The number of carbonyl (C=O) groups excluding carboxylic acids is 1. The fourth-order valence-electron chi connectivity index (χ4n) is 3.01. The summed E-state index contributed by atoms with van der Waals surface area (Å²) >= 11 is 2.16. The summed E-state index contributed by atoms with van der Waals surface area (Å²) in [5.41, 5.74) is 0. The van der Waals surface area contributed by atoms with Crippen molar-refractivity contribution < 1.29 is 4.79 Å². The number of hydrogen-bond donors (Lipinski definition) is 1. The van der Waals surface area contributed by atoms with Gasteiger partial charge < -0.3 is 5.32 Å². The summed E-state index contributed by atoms with van der Waals surface area (Å²) in [6.07, 6.45) is 6.86. The van der Waals surface area contributed by atoms with Crippen LogP contribution in [0.2, 0.25) is 0 Å². The SMILES string of the molecule is CCNC(=O)CN1CCSC2(CCCCC2)C1. The Labute approximate surface area is 109 Å². The van der Waals surface area contributed by atoms with Crippen LogP contribution >= 0.6 is 11.8 Å². The van der Waals surface area contributed by atoms with Gasteiger partial charge in [0.1, 0.15) is 0 Å². The van der Waals surface area contributed by atoms with E-state index in [4.69, 9.17) is 0 Å². The van der Waals surface area contributed by atoms with Crippen molar-refractivity contribution >= 4 is 17.7 Å². The molecule has 0 aromatic rings. The minimum absolute atomic E-state index is 0.186. The van der Waals surface area contributed by atoms with E-state index in [0.717, 1.165) is 19.6 Å². The third-order valence-corrected chi connectivity index (χ3v) is 5.37. The van der Waals surface area contributed by atoms with Gasteiger partial charge >= 0.3 is 0 Å². The number of nitrogens with one attached hydrogen (secondary N) is 1. The molecule has 1 spiro atoms. The van der Waals surface area contributed by atoms with Crippen molar-refractivity contribution in [3.63, 3.8) is 0 Å². The monoisotopic (exact) mass is 256 g/mol. The van der Waals surface area contributed by atoms with Crippen LogP contribution in [-0.2, 0) is 4.79 Å². The van der Waals surface area contributed by atoms with Crippen molar-refractivity contribution in [3.8, 4) is 0 Å². The highest BCUT2D eigenvalue weighted by molar-refractivity contribution is 8.00.